The van der Waals surface area contributed by atoms with E-state index in [0.29, 0.717) is 31.0 Å². The highest BCUT2D eigenvalue weighted by molar-refractivity contribution is 5.77. The molecule has 2 aliphatic rings. The van der Waals surface area contributed by atoms with Gasteiger partial charge in [0.15, 0.2) is 0 Å². The molecule has 0 aromatic heterocycles. The van der Waals surface area contributed by atoms with Gasteiger partial charge in [0.1, 0.15) is 0 Å². The molecule has 2 heterocycles. The molecule has 28 heavy (non-hydrogen) atoms. The molecule has 5 nitrogen and oxygen atoms in total. The third kappa shape index (κ3) is 5.81. The average molecular weight is 386 g/mol. The van der Waals surface area contributed by atoms with Crippen LogP contribution in [-0.4, -0.2) is 60.4 Å². The predicted molar refractivity (Wildman–Crippen MR) is 112 cm³/mol. The Kier molecular flexibility index (Phi) is 7.49. The van der Waals surface area contributed by atoms with Crippen LogP contribution in [0.25, 0.3) is 0 Å². The number of carbonyl (C=O) groups excluding carboxylic acids is 2. The van der Waals surface area contributed by atoms with Gasteiger partial charge in [-0.25, -0.2) is 0 Å². The van der Waals surface area contributed by atoms with Gasteiger partial charge in [-0.3, -0.25) is 14.5 Å². The summed E-state index contributed by atoms with van der Waals surface area (Å²) in [6.07, 6.45) is 7.33. The zero-order valence-corrected chi connectivity index (χ0v) is 17.4. The van der Waals surface area contributed by atoms with Crippen molar-refractivity contribution in [1.29, 1.82) is 0 Å². The van der Waals surface area contributed by atoms with Crippen molar-refractivity contribution in [3.05, 3.63) is 35.9 Å². The fourth-order valence-corrected chi connectivity index (χ4v) is 4.66. The van der Waals surface area contributed by atoms with Gasteiger partial charge < -0.3 is 10.2 Å². The number of likely N-dealkylation sites (N-methyl/N-ethyl adjacent to an activating group) is 1. The maximum Gasteiger partial charge on any atom is 0.224 e. The summed E-state index contributed by atoms with van der Waals surface area (Å²) in [6.45, 7) is 4.05. The van der Waals surface area contributed by atoms with Gasteiger partial charge in [-0.2, -0.15) is 0 Å². The van der Waals surface area contributed by atoms with Gasteiger partial charge in [0.05, 0.1) is 0 Å². The monoisotopic (exact) mass is 385 g/mol. The van der Waals surface area contributed by atoms with Crippen molar-refractivity contribution in [2.24, 2.45) is 5.92 Å². The summed E-state index contributed by atoms with van der Waals surface area (Å²) >= 11 is 0. The number of piperidine rings is 1. The molecule has 2 atom stereocenters. The van der Waals surface area contributed by atoms with E-state index in [-0.39, 0.29) is 5.91 Å². The second-order valence-corrected chi connectivity index (χ2v) is 8.54. The van der Waals surface area contributed by atoms with Gasteiger partial charge in [-0.15, -0.1) is 0 Å². The van der Waals surface area contributed by atoms with E-state index in [9.17, 15) is 9.59 Å². The molecule has 0 saturated carbocycles. The Balaban J connectivity index is 1.37. The van der Waals surface area contributed by atoms with Crippen LogP contribution in [0.2, 0.25) is 0 Å². The van der Waals surface area contributed by atoms with E-state index in [4.69, 9.17) is 0 Å². The smallest absolute Gasteiger partial charge is 0.224 e. The van der Waals surface area contributed by atoms with E-state index >= 15 is 0 Å². The molecular weight excluding hydrogens is 350 g/mol. The van der Waals surface area contributed by atoms with Gasteiger partial charge in [-0.1, -0.05) is 30.3 Å². The fourth-order valence-electron chi connectivity index (χ4n) is 4.66. The Morgan fingerprint density at radius 3 is 2.39 bits per heavy atom. The molecule has 0 aliphatic carbocycles. The molecule has 0 unspecified atom stereocenters. The number of benzene rings is 1. The number of rotatable bonds is 7. The lowest BCUT2D eigenvalue weighted by Gasteiger charge is -2.34. The first-order valence-electron chi connectivity index (χ1n) is 10.8. The summed E-state index contributed by atoms with van der Waals surface area (Å²) in [6, 6.07) is 11.4. The SMILES string of the molecule is CC(=O)NC[C@H]1CC[C@@H](CC(=O)N2CCC(CCc3ccccc3)CC2)N1C. The first-order valence-corrected chi connectivity index (χ1v) is 10.8. The van der Waals surface area contributed by atoms with Gasteiger partial charge in [0, 0.05) is 45.1 Å². The number of amides is 2. The predicted octanol–water partition coefficient (Wildman–Crippen LogP) is 2.85. The van der Waals surface area contributed by atoms with Crippen molar-refractivity contribution in [3.63, 3.8) is 0 Å². The van der Waals surface area contributed by atoms with Crippen molar-refractivity contribution < 1.29 is 9.59 Å². The van der Waals surface area contributed by atoms with Crippen LogP contribution in [0.3, 0.4) is 0 Å². The molecule has 2 saturated heterocycles. The maximum atomic E-state index is 12.8. The molecule has 154 valence electrons. The van der Waals surface area contributed by atoms with Crippen molar-refractivity contribution in [2.75, 3.05) is 26.7 Å². The zero-order valence-electron chi connectivity index (χ0n) is 17.4. The third-order valence-electron chi connectivity index (χ3n) is 6.63. The number of nitrogens with zero attached hydrogens (tertiary/aromatic N) is 2. The van der Waals surface area contributed by atoms with Crippen LogP contribution in [0.5, 0.6) is 0 Å². The first-order chi connectivity index (χ1) is 13.5. The van der Waals surface area contributed by atoms with Gasteiger partial charge in [0.25, 0.3) is 0 Å². The van der Waals surface area contributed by atoms with Crippen molar-refractivity contribution in [1.82, 2.24) is 15.1 Å². The fraction of sp³-hybridized carbons (Fsp3) is 0.652. The van der Waals surface area contributed by atoms with Crippen LogP contribution in [0, 0.1) is 5.92 Å². The van der Waals surface area contributed by atoms with Crippen LogP contribution in [0.1, 0.15) is 51.0 Å². The van der Waals surface area contributed by atoms with Crippen LogP contribution < -0.4 is 5.32 Å². The maximum absolute atomic E-state index is 12.8. The summed E-state index contributed by atoms with van der Waals surface area (Å²) in [7, 11) is 2.09. The number of likely N-dealkylation sites (tertiary alicyclic amines) is 2. The lowest BCUT2D eigenvalue weighted by Crippen LogP contribution is -2.44. The van der Waals surface area contributed by atoms with E-state index in [1.165, 1.54) is 12.0 Å². The molecule has 5 heteroatoms. The number of carbonyl (C=O) groups is 2. The highest BCUT2D eigenvalue weighted by atomic mass is 16.2. The second kappa shape index (κ2) is 10.1. The van der Waals surface area contributed by atoms with Crippen LogP contribution >= 0.6 is 0 Å². The molecule has 1 aromatic rings. The van der Waals surface area contributed by atoms with Gasteiger partial charge in [-0.05, 0) is 57.1 Å². The van der Waals surface area contributed by atoms with E-state index in [0.717, 1.165) is 51.1 Å². The van der Waals surface area contributed by atoms with Crippen molar-refractivity contribution in [2.45, 2.75) is 64.0 Å². The Labute approximate surface area is 169 Å². The Hall–Kier alpha value is -1.88. The molecule has 0 radical (unpaired) electrons. The normalized spacial score (nSPS) is 23.7. The summed E-state index contributed by atoms with van der Waals surface area (Å²) in [4.78, 5) is 28.3. The number of nitrogens with one attached hydrogen (secondary N) is 1. The molecule has 3 rings (SSSR count). The minimum Gasteiger partial charge on any atom is -0.355 e. The lowest BCUT2D eigenvalue weighted by atomic mass is 9.90. The van der Waals surface area contributed by atoms with Crippen LogP contribution in [-0.2, 0) is 16.0 Å². The van der Waals surface area contributed by atoms with Crippen LogP contribution in [0.4, 0.5) is 0 Å². The molecule has 2 aliphatic heterocycles. The Bertz CT molecular complexity index is 641. The summed E-state index contributed by atoms with van der Waals surface area (Å²) in [5.41, 5.74) is 1.42. The Morgan fingerprint density at radius 2 is 1.71 bits per heavy atom. The molecule has 1 aromatic carbocycles. The van der Waals surface area contributed by atoms with E-state index in [2.05, 4.69) is 52.5 Å². The largest absolute Gasteiger partial charge is 0.355 e. The quantitative estimate of drug-likeness (QED) is 0.785. The van der Waals surface area contributed by atoms with Gasteiger partial charge >= 0.3 is 0 Å². The number of hydrogen-bond donors (Lipinski definition) is 1. The molecular formula is C23H35N3O2. The number of aryl methyl sites for hydroxylation is 1. The topological polar surface area (TPSA) is 52.7 Å². The van der Waals surface area contributed by atoms with Gasteiger partial charge in [0.2, 0.25) is 11.8 Å². The summed E-state index contributed by atoms with van der Waals surface area (Å²) in [5, 5.41) is 2.91. The Morgan fingerprint density at radius 1 is 1.04 bits per heavy atom. The molecule has 1 N–H and O–H groups in total. The highest BCUT2D eigenvalue weighted by Gasteiger charge is 2.33. The summed E-state index contributed by atoms with van der Waals surface area (Å²) in [5.74, 6) is 1.06. The number of hydrogen-bond acceptors (Lipinski definition) is 3. The first kappa shape index (κ1) is 20.8. The summed E-state index contributed by atoms with van der Waals surface area (Å²) < 4.78 is 0. The minimum absolute atomic E-state index is 0.0167. The van der Waals surface area contributed by atoms with E-state index < -0.39 is 0 Å². The minimum atomic E-state index is 0.0167. The standard InChI is InChI=1S/C23H35N3O2/c1-18(27)24-17-22-11-10-21(25(22)2)16-23(28)26-14-12-20(13-15-26)9-8-19-6-4-3-5-7-19/h3-7,20-22H,8-17H2,1-2H3,(H,24,27)/t21-,22+/m0/s1. The molecule has 0 bridgehead atoms. The third-order valence-corrected chi connectivity index (χ3v) is 6.63. The highest BCUT2D eigenvalue weighted by Crippen LogP contribution is 2.27. The van der Waals surface area contributed by atoms with Crippen LogP contribution in [0.15, 0.2) is 30.3 Å². The lowest BCUT2D eigenvalue weighted by molar-refractivity contribution is -0.133. The second-order valence-electron chi connectivity index (χ2n) is 8.54. The van der Waals surface area contributed by atoms with Crippen molar-refractivity contribution in [3.8, 4) is 0 Å². The van der Waals surface area contributed by atoms with E-state index in [1.807, 2.05) is 0 Å². The van der Waals surface area contributed by atoms with E-state index in [1.54, 1.807) is 6.92 Å². The zero-order chi connectivity index (χ0) is 19.9. The average Bonchev–Trinajstić information content (AvgIpc) is 3.05. The molecule has 2 amide bonds. The molecule has 2 fully saturated rings. The molecule has 0 spiro atoms. The van der Waals surface area contributed by atoms with Crippen molar-refractivity contribution >= 4 is 11.8 Å².